The molecule has 0 atom stereocenters. The number of para-hydroxylation sites is 2. The van der Waals surface area contributed by atoms with Crippen LogP contribution in [0.1, 0.15) is 38.2 Å². The Morgan fingerprint density at radius 1 is 0.553 bits per heavy atom. The van der Waals surface area contributed by atoms with E-state index in [0.29, 0.717) is 30.2 Å². The van der Waals surface area contributed by atoms with Gasteiger partial charge in [-0.2, -0.15) is 0 Å². The minimum atomic E-state index is -1.07. The quantitative estimate of drug-likeness (QED) is 0.237. The molecule has 0 radical (unpaired) electrons. The molecule has 0 unspecified atom stereocenters. The van der Waals surface area contributed by atoms with Gasteiger partial charge in [0.25, 0.3) is 0 Å². The first-order chi connectivity index (χ1) is 18.7. The van der Waals surface area contributed by atoms with E-state index in [0.717, 1.165) is 22.4 Å². The highest BCUT2D eigenvalue weighted by molar-refractivity contribution is 6.02. The summed E-state index contributed by atoms with van der Waals surface area (Å²) in [5, 5.41) is 0. The van der Waals surface area contributed by atoms with Crippen molar-refractivity contribution in [1.82, 2.24) is 0 Å². The lowest BCUT2D eigenvalue weighted by Crippen LogP contribution is -2.32. The fourth-order valence-electron chi connectivity index (χ4n) is 5.75. The average molecular weight is 496 g/mol. The van der Waals surface area contributed by atoms with Crippen molar-refractivity contribution in [2.75, 3.05) is 4.90 Å². The Labute approximate surface area is 221 Å². The topological polar surface area (TPSA) is 38.8 Å². The van der Waals surface area contributed by atoms with Crippen LogP contribution in [0, 0.1) is 0 Å². The van der Waals surface area contributed by atoms with Crippen LogP contribution in [-0.2, 0) is 23.4 Å². The largest absolute Gasteiger partial charge is 0.456 e. The molecule has 2 aliphatic heterocycles. The first kappa shape index (κ1) is 22.4. The van der Waals surface area contributed by atoms with Gasteiger partial charge in [-0.3, -0.25) is 0 Å². The van der Waals surface area contributed by atoms with Crippen molar-refractivity contribution in [3.05, 3.63) is 161 Å². The number of ether oxygens (including phenoxy) is 2. The summed E-state index contributed by atoms with van der Waals surface area (Å²) in [6, 6.07) is 42.4. The van der Waals surface area contributed by atoms with Crippen LogP contribution in [0.15, 0.2) is 127 Å². The molecule has 0 saturated heterocycles. The van der Waals surface area contributed by atoms with Crippen LogP contribution >= 0.6 is 0 Å². The summed E-state index contributed by atoms with van der Waals surface area (Å²) in [5.74, 6) is 1.07. The van der Waals surface area contributed by atoms with E-state index in [9.17, 15) is 4.79 Å². The minimum Gasteiger partial charge on any atom is -0.456 e. The second kappa shape index (κ2) is 8.93. The van der Waals surface area contributed by atoms with Gasteiger partial charge < -0.3 is 14.4 Å². The van der Waals surface area contributed by atoms with Crippen LogP contribution in [-0.4, -0.2) is 5.97 Å². The molecular weight excluding hydrogens is 470 g/mol. The van der Waals surface area contributed by atoms with Gasteiger partial charge in [-0.25, -0.2) is 4.79 Å². The molecule has 0 aliphatic carbocycles. The number of benzene rings is 5. The number of carbonyl (C=O) groups excluding carboxylic acids is 1. The van der Waals surface area contributed by atoms with Gasteiger partial charge in [0.15, 0.2) is 5.60 Å². The van der Waals surface area contributed by atoms with Gasteiger partial charge in [0.2, 0.25) is 0 Å². The van der Waals surface area contributed by atoms with E-state index in [2.05, 4.69) is 29.2 Å². The Hall–Kier alpha value is -4.83. The molecule has 0 aromatic heterocycles. The number of rotatable bonds is 5. The summed E-state index contributed by atoms with van der Waals surface area (Å²) in [6.45, 7) is 1.31. The predicted molar refractivity (Wildman–Crippen MR) is 147 cm³/mol. The number of hydrogen-bond donors (Lipinski definition) is 0. The van der Waals surface area contributed by atoms with Crippen molar-refractivity contribution >= 4 is 11.7 Å². The third-order valence-corrected chi connectivity index (χ3v) is 7.40. The van der Waals surface area contributed by atoms with Gasteiger partial charge in [-0.1, -0.05) is 109 Å². The SMILES string of the molecule is O=C1OC2(c3ccccc3Oc3ccccc32)c2cccc(N(Cc3ccccc3)Cc3ccccc3)c21. The lowest BCUT2D eigenvalue weighted by Gasteiger charge is -2.36. The zero-order valence-electron chi connectivity index (χ0n) is 20.7. The highest BCUT2D eigenvalue weighted by Crippen LogP contribution is 2.57. The lowest BCUT2D eigenvalue weighted by molar-refractivity contribution is 0.0224. The fourth-order valence-corrected chi connectivity index (χ4v) is 5.75. The van der Waals surface area contributed by atoms with Crippen molar-refractivity contribution in [2.45, 2.75) is 18.7 Å². The molecule has 184 valence electrons. The van der Waals surface area contributed by atoms with Crippen molar-refractivity contribution in [3.8, 4) is 11.5 Å². The molecule has 4 heteroatoms. The Morgan fingerprint density at radius 3 is 1.63 bits per heavy atom. The van der Waals surface area contributed by atoms with Crippen LogP contribution in [0.4, 0.5) is 5.69 Å². The summed E-state index contributed by atoms with van der Waals surface area (Å²) in [7, 11) is 0. The Morgan fingerprint density at radius 2 is 1.05 bits per heavy atom. The number of anilines is 1. The van der Waals surface area contributed by atoms with Crippen LogP contribution in [0.3, 0.4) is 0 Å². The summed E-state index contributed by atoms with van der Waals surface area (Å²) >= 11 is 0. The lowest BCUT2D eigenvalue weighted by atomic mass is 9.77. The second-order valence-electron chi connectivity index (χ2n) is 9.69. The highest BCUT2D eigenvalue weighted by Gasteiger charge is 2.54. The molecule has 38 heavy (non-hydrogen) atoms. The van der Waals surface area contributed by atoms with Crippen LogP contribution < -0.4 is 9.64 Å². The van der Waals surface area contributed by atoms with Gasteiger partial charge in [0.1, 0.15) is 11.5 Å². The molecule has 0 N–H and O–H groups in total. The molecule has 5 aromatic carbocycles. The normalized spacial score (nSPS) is 14.2. The maximum absolute atomic E-state index is 13.9. The third kappa shape index (κ3) is 3.49. The minimum absolute atomic E-state index is 0.326. The summed E-state index contributed by atoms with van der Waals surface area (Å²) < 4.78 is 12.7. The van der Waals surface area contributed by atoms with Gasteiger partial charge >= 0.3 is 5.97 Å². The van der Waals surface area contributed by atoms with E-state index in [1.807, 2.05) is 103 Å². The molecule has 2 heterocycles. The van der Waals surface area contributed by atoms with Crippen LogP contribution in [0.25, 0.3) is 0 Å². The molecule has 2 aliphatic rings. The van der Waals surface area contributed by atoms with E-state index in [1.165, 1.54) is 11.1 Å². The fraction of sp³-hybridized carbons (Fsp3) is 0.0882. The zero-order chi connectivity index (χ0) is 25.5. The summed E-state index contributed by atoms with van der Waals surface area (Å²) in [4.78, 5) is 16.2. The van der Waals surface area contributed by atoms with Gasteiger partial charge in [0.05, 0.1) is 11.3 Å². The van der Waals surface area contributed by atoms with E-state index >= 15 is 0 Å². The molecule has 1 spiro atoms. The molecule has 0 saturated carbocycles. The highest BCUT2D eigenvalue weighted by atomic mass is 16.6. The maximum Gasteiger partial charge on any atom is 0.342 e. The number of esters is 1. The van der Waals surface area contributed by atoms with Crippen molar-refractivity contribution in [2.24, 2.45) is 0 Å². The number of nitrogens with zero attached hydrogens (tertiary/aromatic N) is 1. The predicted octanol–water partition coefficient (Wildman–Crippen LogP) is 7.46. The maximum atomic E-state index is 13.9. The number of carbonyl (C=O) groups is 1. The molecule has 7 rings (SSSR count). The standard InChI is InChI=1S/C34H25NO3/c36-33-32-28(34(38-33)26-16-7-9-20-30(26)37-31-21-10-8-17-27(31)34)18-11-19-29(32)35(22-24-12-3-1-4-13-24)23-25-14-5-2-6-15-25/h1-21H,22-23H2. The van der Waals surface area contributed by atoms with Crippen molar-refractivity contribution in [1.29, 1.82) is 0 Å². The molecule has 0 bridgehead atoms. The van der Waals surface area contributed by atoms with Gasteiger partial charge in [-0.15, -0.1) is 0 Å². The molecule has 0 fully saturated rings. The molecule has 5 aromatic rings. The smallest absolute Gasteiger partial charge is 0.342 e. The molecule has 0 amide bonds. The van der Waals surface area contributed by atoms with E-state index < -0.39 is 5.60 Å². The van der Waals surface area contributed by atoms with Crippen molar-refractivity contribution in [3.63, 3.8) is 0 Å². The summed E-state index contributed by atoms with van der Waals surface area (Å²) in [5.41, 5.74) is 5.24. The molecular formula is C34H25NO3. The monoisotopic (exact) mass is 495 g/mol. The van der Waals surface area contributed by atoms with Crippen LogP contribution in [0.2, 0.25) is 0 Å². The first-order valence-corrected chi connectivity index (χ1v) is 12.8. The second-order valence-corrected chi connectivity index (χ2v) is 9.69. The van der Waals surface area contributed by atoms with E-state index in [4.69, 9.17) is 9.47 Å². The average Bonchev–Trinajstić information content (AvgIpc) is 3.27. The van der Waals surface area contributed by atoms with Crippen molar-refractivity contribution < 1.29 is 14.3 Å². The Kier molecular flexibility index (Phi) is 5.26. The van der Waals surface area contributed by atoms with E-state index in [1.54, 1.807) is 0 Å². The van der Waals surface area contributed by atoms with E-state index in [-0.39, 0.29) is 5.97 Å². The Bertz CT molecular complexity index is 1560. The first-order valence-electron chi connectivity index (χ1n) is 12.8. The van der Waals surface area contributed by atoms with Crippen LogP contribution in [0.5, 0.6) is 11.5 Å². The summed E-state index contributed by atoms with van der Waals surface area (Å²) in [6.07, 6.45) is 0. The zero-order valence-corrected chi connectivity index (χ0v) is 20.7. The number of hydrogen-bond acceptors (Lipinski definition) is 4. The molecule has 4 nitrogen and oxygen atoms in total. The van der Waals surface area contributed by atoms with Gasteiger partial charge in [-0.05, 0) is 29.3 Å². The van der Waals surface area contributed by atoms with Gasteiger partial charge in [0, 0.05) is 29.8 Å². The third-order valence-electron chi connectivity index (χ3n) is 7.40. The Balaban J connectivity index is 1.43. The number of fused-ring (bicyclic) bond motifs is 6.